The molecule has 2 rings (SSSR count). The summed E-state index contributed by atoms with van der Waals surface area (Å²) in [4.78, 5) is 16.3. The van der Waals surface area contributed by atoms with E-state index in [1.807, 2.05) is 0 Å². The van der Waals surface area contributed by atoms with Crippen molar-refractivity contribution in [2.45, 2.75) is 26.2 Å². The van der Waals surface area contributed by atoms with Crippen LogP contribution in [0.2, 0.25) is 0 Å². The summed E-state index contributed by atoms with van der Waals surface area (Å²) in [6, 6.07) is 9.99. The summed E-state index contributed by atoms with van der Waals surface area (Å²) < 4.78 is 13.5. The molecule has 0 saturated carbocycles. The predicted octanol–water partition coefficient (Wildman–Crippen LogP) is 3.41. The Hall–Kier alpha value is -2.43. The van der Waals surface area contributed by atoms with Crippen LogP contribution >= 0.6 is 0 Å². The van der Waals surface area contributed by atoms with Crippen LogP contribution in [-0.4, -0.2) is 24.0 Å². The van der Waals surface area contributed by atoms with Crippen LogP contribution in [0.4, 0.5) is 10.2 Å². The van der Waals surface area contributed by atoms with Crippen LogP contribution in [0.1, 0.15) is 35.7 Å². The van der Waals surface area contributed by atoms with Crippen LogP contribution < -0.4 is 10.6 Å². The third kappa shape index (κ3) is 5.36. The van der Waals surface area contributed by atoms with Crippen molar-refractivity contribution in [3.63, 3.8) is 0 Å². The highest BCUT2D eigenvalue weighted by Gasteiger charge is 2.07. The Morgan fingerprint density at radius 3 is 2.83 bits per heavy atom. The van der Waals surface area contributed by atoms with Gasteiger partial charge in [-0.3, -0.25) is 4.79 Å². The molecule has 23 heavy (non-hydrogen) atoms. The Balaban J connectivity index is 1.85. The molecule has 0 aliphatic heterocycles. The number of benzene rings is 1. The van der Waals surface area contributed by atoms with Gasteiger partial charge in [0, 0.05) is 24.8 Å². The fourth-order valence-corrected chi connectivity index (χ4v) is 2.18. The van der Waals surface area contributed by atoms with Gasteiger partial charge >= 0.3 is 0 Å². The summed E-state index contributed by atoms with van der Waals surface area (Å²) in [5.41, 5.74) is 1.15. The molecule has 2 aromatic rings. The third-order valence-corrected chi connectivity index (χ3v) is 3.50. The number of halogens is 1. The van der Waals surface area contributed by atoms with Gasteiger partial charge in [0.2, 0.25) is 0 Å². The Morgan fingerprint density at radius 1 is 1.22 bits per heavy atom. The SMILES string of the molecule is CCCCNc1cc(C(=O)NCCc2ccccc2F)ccn1. The molecule has 1 amide bonds. The van der Waals surface area contributed by atoms with Crippen molar-refractivity contribution in [2.24, 2.45) is 0 Å². The van der Waals surface area contributed by atoms with Gasteiger partial charge in [-0.2, -0.15) is 0 Å². The van der Waals surface area contributed by atoms with Gasteiger partial charge in [-0.25, -0.2) is 9.37 Å². The number of rotatable bonds is 8. The van der Waals surface area contributed by atoms with E-state index >= 15 is 0 Å². The lowest BCUT2D eigenvalue weighted by Crippen LogP contribution is -2.26. The zero-order valence-corrected chi connectivity index (χ0v) is 13.3. The molecule has 2 N–H and O–H groups in total. The summed E-state index contributed by atoms with van der Waals surface area (Å²) in [6.45, 7) is 3.34. The van der Waals surface area contributed by atoms with E-state index in [0.717, 1.165) is 19.4 Å². The zero-order valence-electron chi connectivity index (χ0n) is 13.3. The highest BCUT2D eigenvalue weighted by atomic mass is 19.1. The Morgan fingerprint density at radius 2 is 2.04 bits per heavy atom. The molecule has 0 radical (unpaired) electrons. The topological polar surface area (TPSA) is 54.0 Å². The monoisotopic (exact) mass is 315 g/mol. The summed E-state index contributed by atoms with van der Waals surface area (Å²) in [6.07, 6.45) is 4.23. The van der Waals surface area contributed by atoms with Crippen molar-refractivity contribution in [1.29, 1.82) is 0 Å². The second-order valence-corrected chi connectivity index (χ2v) is 5.31. The molecule has 1 heterocycles. The molecule has 0 aliphatic rings. The molecule has 0 aliphatic carbocycles. The lowest BCUT2D eigenvalue weighted by molar-refractivity contribution is 0.0954. The number of carbonyl (C=O) groups excluding carboxylic acids is 1. The largest absolute Gasteiger partial charge is 0.370 e. The number of hydrogen-bond donors (Lipinski definition) is 2. The second kappa shape index (κ2) is 8.88. The van der Waals surface area contributed by atoms with Gasteiger partial charge in [0.05, 0.1) is 0 Å². The Kier molecular flexibility index (Phi) is 6.54. The maximum absolute atomic E-state index is 13.5. The number of nitrogens with zero attached hydrogens (tertiary/aromatic N) is 1. The maximum Gasteiger partial charge on any atom is 0.251 e. The van der Waals surface area contributed by atoms with Crippen LogP contribution in [0, 0.1) is 5.82 Å². The van der Waals surface area contributed by atoms with Crippen LogP contribution in [0.25, 0.3) is 0 Å². The predicted molar refractivity (Wildman–Crippen MR) is 90.1 cm³/mol. The number of amides is 1. The molecule has 5 heteroatoms. The lowest BCUT2D eigenvalue weighted by atomic mass is 10.1. The maximum atomic E-state index is 13.5. The fraction of sp³-hybridized carbons (Fsp3) is 0.333. The number of anilines is 1. The average Bonchev–Trinajstić information content (AvgIpc) is 2.57. The van der Waals surface area contributed by atoms with E-state index in [-0.39, 0.29) is 11.7 Å². The van der Waals surface area contributed by atoms with Crippen molar-refractivity contribution in [1.82, 2.24) is 10.3 Å². The van der Waals surface area contributed by atoms with Gasteiger partial charge in [-0.1, -0.05) is 31.5 Å². The molecule has 4 nitrogen and oxygen atoms in total. The quantitative estimate of drug-likeness (QED) is 0.734. The average molecular weight is 315 g/mol. The van der Waals surface area contributed by atoms with Crippen molar-refractivity contribution < 1.29 is 9.18 Å². The first kappa shape index (κ1) is 16.9. The molecule has 0 bridgehead atoms. The summed E-state index contributed by atoms with van der Waals surface area (Å²) in [5.74, 6) is 0.274. The van der Waals surface area contributed by atoms with E-state index < -0.39 is 0 Å². The minimum absolute atomic E-state index is 0.178. The van der Waals surface area contributed by atoms with Gasteiger partial charge in [0.15, 0.2) is 0 Å². The standard InChI is InChI=1S/C18H22FN3O/c1-2-3-10-20-17-13-15(9-11-21-17)18(23)22-12-8-14-6-4-5-7-16(14)19/h4-7,9,11,13H,2-3,8,10,12H2,1H3,(H,20,21)(H,22,23). The van der Waals surface area contributed by atoms with Crippen molar-refractivity contribution in [3.8, 4) is 0 Å². The second-order valence-electron chi connectivity index (χ2n) is 5.31. The van der Waals surface area contributed by atoms with Gasteiger partial charge in [0.25, 0.3) is 5.91 Å². The molecule has 0 unspecified atom stereocenters. The number of aromatic nitrogens is 1. The van der Waals surface area contributed by atoms with Crippen LogP contribution in [0.3, 0.4) is 0 Å². The first-order chi connectivity index (χ1) is 11.2. The zero-order chi connectivity index (χ0) is 16.5. The number of unbranched alkanes of at least 4 members (excludes halogenated alkanes) is 1. The number of hydrogen-bond acceptors (Lipinski definition) is 3. The van der Waals surface area contributed by atoms with E-state index in [1.165, 1.54) is 6.07 Å². The first-order valence-corrected chi connectivity index (χ1v) is 7.92. The van der Waals surface area contributed by atoms with E-state index in [9.17, 15) is 9.18 Å². The first-order valence-electron chi connectivity index (χ1n) is 7.92. The molecule has 1 aromatic carbocycles. The highest BCUT2D eigenvalue weighted by Crippen LogP contribution is 2.08. The number of nitrogens with one attached hydrogen (secondary N) is 2. The fourth-order valence-electron chi connectivity index (χ4n) is 2.18. The number of pyridine rings is 1. The van der Waals surface area contributed by atoms with E-state index in [4.69, 9.17) is 0 Å². The highest BCUT2D eigenvalue weighted by molar-refractivity contribution is 5.94. The van der Waals surface area contributed by atoms with Crippen LogP contribution in [0.15, 0.2) is 42.6 Å². The molecule has 122 valence electrons. The minimum atomic E-state index is -0.243. The van der Waals surface area contributed by atoms with E-state index in [1.54, 1.807) is 36.5 Å². The molecule has 0 spiro atoms. The molecule has 0 atom stereocenters. The third-order valence-electron chi connectivity index (χ3n) is 3.50. The van der Waals surface area contributed by atoms with E-state index in [2.05, 4.69) is 22.5 Å². The Bertz CT molecular complexity index is 646. The Labute approximate surface area is 136 Å². The van der Waals surface area contributed by atoms with Gasteiger partial charge in [0.1, 0.15) is 11.6 Å². The molecule has 1 aromatic heterocycles. The van der Waals surface area contributed by atoms with Crippen molar-refractivity contribution in [2.75, 3.05) is 18.4 Å². The smallest absolute Gasteiger partial charge is 0.251 e. The summed E-state index contributed by atoms with van der Waals surface area (Å²) in [7, 11) is 0. The molecule has 0 saturated heterocycles. The summed E-state index contributed by atoms with van der Waals surface area (Å²) in [5, 5.41) is 6.00. The van der Waals surface area contributed by atoms with Crippen molar-refractivity contribution in [3.05, 3.63) is 59.5 Å². The number of carbonyl (C=O) groups is 1. The van der Waals surface area contributed by atoms with Crippen LogP contribution in [-0.2, 0) is 6.42 Å². The van der Waals surface area contributed by atoms with Crippen molar-refractivity contribution >= 4 is 11.7 Å². The lowest BCUT2D eigenvalue weighted by Gasteiger charge is -2.08. The van der Waals surface area contributed by atoms with Crippen LogP contribution in [0.5, 0.6) is 0 Å². The summed E-state index contributed by atoms with van der Waals surface area (Å²) >= 11 is 0. The molecular formula is C18H22FN3O. The van der Waals surface area contributed by atoms with Gasteiger partial charge in [-0.15, -0.1) is 0 Å². The van der Waals surface area contributed by atoms with Gasteiger partial charge < -0.3 is 10.6 Å². The van der Waals surface area contributed by atoms with E-state index in [0.29, 0.717) is 29.9 Å². The normalized spacial score (nSPS) is 10.3. The molecule has 0 fully saturated rings. The van der Waals surface area contributed by atoms with Gasteiger partial charge in [-0.05, 0) is 36.6 Å². The minimum Gasteiger partial charge on any atom is -0.370 e. The molecular weight excluding hydrogens is 293 g/mol.